The molecule has 0 unspecified atom stereocenters. The lowest BCUT2D eigenvalue weighted by Gasteiger charge is -1.96. The number of carboxylic acid groups (broad SMARTS) is 1. The second-order valence-corrected chi connectivity index (χ2v) is 3.37. The van der Waals surface area contributed by atoms with Gasteiger partial charge in [-0.3, -0.25) is 4.79 Å². The molecule has 0 aliphatic carbocycles. The van der Waals surface area contributed by atoms with Gasteiger partial charge >= 0.3 is 5.97 Å². The number of fused-ring (bicyclic) bond motifs is 1. The molecule has 2 heterocycles. The predicted octanol–water partition coefficient (Wildman–Crippen LogP) is 1.41. The lowest BCUT2D eigenvalue weighted by Crippen LogP contribution is -1.99. The second-order valence-electron chi connectivity index (χ2n) is 3.37. The molecule has 0 atom stereocenters. The average molecular weight is 208 g/mol. The van der Waals surface area contributed by atoms with E-state index in [0.717, 1.165) is 0 Å². The summed E-state index contributed by atoms with van der Waals surface area (Å²) in [5.74, 6) is -1.28. The molecule has 0 fully saturated rings. The topological polar surface area (TPSA) is 54.6 Å². The molecule has 2 rings (SSSR count). The number of aromatic nitrogens is 2. The van der Waals surface area contributed by atoms with Gasteiger partial charge in [0.15, 0.2) is 0 Å². The van der Waals surface area contributed by atoms with Crippen molar-refractivity contribution in [3.8, 4) is 0 Å². The molecule has 0 aliphatic rings. The van der Waals surface area contributed by atoms with Gasteiger partial charge in [-0.1, -0.05) is 0 Å². The molecule has 0 aromatic carbocycles. The van der Waals surface area contributed by atoms with Gasteiger partial charge in [0.1, 0.15) is 11.5 Å². The smallest absolute Gasteiger partial charge is 0.309 e. The van der Waals surface area contributed by atoms with E-state index in [0.29, 0.717) is 16.9 Å². The fourth-order valence-corrected chi connectivity index (χ4v) is 1.40. The summed E-state index contributed by atoms with van der Waals surface area (Å²) in [4.78, 5) is 14.5. The number of halogens is 1. The van der Waals surface area contributed by atoms with Gasteiger partial charge in [-0.2, -0.15) is 0 Å². The number of aryl methyl sites for hydroxylation is 1. The minimum Gasteiger partial charge on any atom is -0.481 e. The standard InChI is InChI=1S/C10H9FN2O2/c1-6-2-9-12-7(3-10(14)15)4-13(9)5-8(6)11/h2,4-5H,3H2,1H3,(H,14,15). The van der Waals surface area contributed by atoms with Crippen molar-refractivity contribution in [1.82, 2.24) is 9.38 Å². The summed E-state index contributed by atoms with van der Waals surface area (Å²) >= 11 is 0. The minimum atomic E-state index is -0.949. The van der Waals surface area contributed by atoms with Crippen LogP contribution in [0.2, 0.25) is 0 Å². The molecule has 0 aliphatic heterocycles. The third kappa shape index (κ3) is 1.81. The molecule has 15 heavy (non-hydrogen) atoms. The molecule has 5 heteroatoms. The zero-order valence-electron chi connectivity index (χ0n) is 8.07. The number of rotatable bonds is 2. The maximum atomic E-state index is 13.2. The van der Waals surface area contributed by atoms with Gasteiger partial charge in [0.2, 0.25) is 0 Å². The van der Waals surface area contributed by atoms with E-state index in [4.69, 9.17) is 5.11 Å². The molecule has 0 spiro atoms. The van der Waals surface area contributed by atoms with Crippen LogP contribution in [0.5, 0.6) is 0 Å². The van der Waals surface area contributed by atoms with E-state index in [2.05, 4.69) is 4.98 Å². The van der Waals surface area contributed by atoms with E-state index in [-0.39, 0.29) is 12.2 Å². The monoisotopic (exact) mass is 208 g/mol. The number of nitrogens with zero attached hydrogens (tertiary/aromatic N) is 2. The minimum absolute atomic E-state index is 0.150. The van der Waals surface area contributed by atoms with Crippen LogP contribution in [0.3, 0.4) is 0 Å². The first-order valence-electron chi connectivity index (χ1n) is 4.42. The zero-order chi connectivity index (χ0) is 11.0. The number of hydrogen-bond donors (Lipinski definition) is 1. The molecule has 0 saturated heterocycles. The first kappa shape index (κ1) is 9.64. The van der Waals surface area contributed by atoms with Crippen molar-refractivity contribution in [1.29, 1.82) is 0 Å². The quantitative estimate of drug-likeness (QED) is 0.811. The second kappa shape index (κ2) is 3.34. The van der Waals surface area contributed by atoms with Crippen molar-refractivity contribution in [3.05, 3.63) is 35.5 Å². The van der Waals surface area contributed by atoms with Crippen molar-refractivity contribution < 1.29 is 14.3 Å². The van der Waals surface area contributed by atoms with Gasteiger partial charge in [0, 0.05) is 12.4 Å². The molecule has 0 bridgehead atoms. The summed E-state index contributed by atoms with van der Waals surface area (Å²) in [6.45, 7) is 1.64. The molecule has 2 aromatic rings. The Morgan fingerprint density at radius 2 is 2.33 bits per heavy atom. The normalized spacial score (nSPS) is 10.8. The van der Waals surface area contributed by atoms with Gasteiger partial charge < -0.3 is 9.51 Å². The van der Waals surface area contributed by atoms with E-state index in [1.54, 1.807) is 13.0 Å². The Bertz CT molecular complexity index is 494. The van der Waals surface area contributed by atoms with Crippen molar-refractivity contribution in [2.75, 3.05) is 0 Å². The van der Waals surface area contributed by atoms with E-state index in [9.17, 15) is 9.18 Å². The fourth-order valence-electron chi connectivity index (χ4n) is 1.40. The Hall–Kier alpha value is -1.91. The third-order valence-electron chi connectivity index (χ3n) is 2.12. The van der Waals surface area contributed by atoms with Crippen LogP contribution in [0.25, 0.3) is 5.65 Å². The number of carbonyl (C=O) groups is 1. The Balaban J connectivity index is 2.51. The highest BCUT2D eigenvalue weighted by Gasteiger charge is 2.07. The summed E-state index contributed by atoms with van der Waals surface area (Å²) in [6, 6.07) is 1.58. The SMILES string of the molecule is Cc1cc2nc(CC(=O)O)cn2cc1F. The average Bonchev–Trinajstić information content (AvgIpc) is 2.46. The molecular formula is C10H9FN2O2. The fraction of sp³-hybridized carbons (Fsp3) is 0.200. The van der Waals surface area contributed by atoms with Crippen LogP contribution < -0.4 is 0 Å². The highest BCUT2D eigenvalue weighted by Crippen LogP contribution is 2.11. The molecule has 78 valence electrons. The van der Waals surface area contributed by atoms with Gasteiger partial charge in [0.25, 0.3) is 0 Å². The van der Waals surface area contributed by atoms with Crippen LogP contribution in [-0.4, -0.2) is 20.5 Å². The van der Waals surface area contributed by atoms with Gasteiger partial charge in [-0.05, 0) is 18.6 Å². The number of carboxylic acids is 1. The van der Waals surface area contributed by atoms with E-state index >= 15 is 0 Å². The molecule has 0 radical (unpaired) electrons. The Morgan fingerprint density at radius 1 is 1.60 bits per heavy atom. The van der Waals surface area contributed by atoms with E-state index < -0.39 is 5.97 Å². The van der Waals surface area contributed by atoms with Crippen molar-refractivity contribution in [3.63, 3.8) is 0 Å². The zero-order valence-corrected chi connectivity index (χ0v) is 8.07. The lowest BCUT2D eigenvalue weighted by atomic mass is 10.3. The molecule has 1 N–H and O–H groups in total. The van der Waals surface area contributed by atoms with Gasteiger partial charge in [0.05, 0.1) is 12.1 Å². The summed E-state index contributed by atoms with van der Waals surface area (Å²) in [5.41, 5.74) is 1.48. The Morgan fingerprint density at radius 3 is 3.00 bits per heavy atom. The molecular weight excluding hydrogens is 199 g/mol. The third-order valence-corrected chi connectivity index (χ3v) is 2.12. The first-order chi connectivity index (χ1) is 7.06. The van der Waals surface area contributed by atoms with E-state index in [1.807, 2.05) is 0 Å². The van der Waals surface area contributed by atoms with Crippen LogP contribution in [0.4, 0.5) is 4.39 Å². The predicted molar refractivity (Wildman–Crippen MR) is 51.2 cm³/mol. The van der Waals surface area contributed by atoms with Gasteiger partial charge in [-0.25, -0.2) is 9.37 Å². The van der Waals surface area contributed by atoms with Crippen LogP contribution in [0, 0.1) is 12.7 Å². The lowest BCUT2D eigenvalue weighted by molar-refractivity contribution is -0.136. The number of aliphatic carboxylic acids is 1. The Kier molecular flexibility index (Phi) is 2.15. The van der Waals surface area contributed by atoms with Crippen LogP contribution >= 0.6 is 0 Å². The molecule has 0 saturated carbocycles. The first-order valence-corrected chi connectivity index (χ1v) is 4.42. The molecule has 2 aromatic heterocycles. The van der Waals surface area contributed by atoms with Gasteiger partial charge in [-0.15, -0.1) is 0 Å². The summed E-state index contributed by atoms with van der Waals surface area (Å²) in [7, 11) is 0. The van der Waals surface area contributed by atoms with Crippen molar-refractivity contribution in [2.45, 2.75) is 13.3 Å². The molecule has 0 amide bonds. The van der Waals surface area contributed by atoms with Crippen LogP contribution in [-0.2, 0) is 11.2 Å². The number of pyridine rings is 1. The number of hydrogen-bond acceptors (Lipinski definition) is 2. The summed E-state index contributed by atoms with van der Waals surface area (Å²) in [5, 5.41) is 8.58. The summed E-state index contributed by atoms with van der Waals surface area (Å²) < 4.78 is 14.6. The van der Waals surface area contributed by atoms with Crippen molar-refractivity contribution >= 4 is 11.6 Å². The van der Waals surface area contributed by atoms with Crippen LogP contribution in [0.1, 0.15) is 11.3 Å². The van der Waals surface area contributed by atoms with E-state index in [1.165, 1.54) is 16.8 Å². The summed E-state index contributed by atoms with van der Waals surface area (Å²) in [6.07, 6.45) is 2.66. The highest BCUT2D eigenvalue weighted by atomic mass is 19.1. The Labute approximate surface area is 85.0 Å². The number of imidazole rings is 1. The maximum absolute atomic E-state index is 13.2. The largest absolute Gasteiger partial charge is 0.481 e. The van der Waals surface area contributed by atoms with Crippen molar-refractivity contribution in [2.24, 2.45) is 0 Å². The highest BCUT2D eigenvalue weighted by molar-refractivity contribution is 5.69. The van der Waals surface area contributed by atoms with Crippen LogP contribution in [0.15, 0.2) is 18.5 Å². The maximum Gasteiger partial charge on any atom is 0.309 e. The molecule has 4 nitrogen and oxygen atoms in total.